The molecule has 0 fully saturated rings. The smallest absolute Gasteiger partial charge is 0.348 e. The highest BCUT2D eigenvalue weighted by Crippen LogP contribution is 2.36. The van der Waals surface area contributed by atoms with Gasteiger partial charge in [-0.05, 0) is 22.4 Å². The van der Waals surface area contributed by atoms with E-state index in [1.807, 2.05) is 42.5 Å². The Morgan fingerprint density at radius 2 is 1.84 bits per heavy atom. The van der Waals surface area contributed by atoms with E-state index in [1.165, 1.54) is 11.3 Å². The number of thiophene rings is 1. The number of hydrogen-bond acceptors (Lipinski definition) is 3. The van der Waals surface area contributed by atoms with E-state index in [9.17, 15) is 4.79 Å². The van der Waals surface area contributed by atoms with Gasteiger partial charge in [-0.25, -0.2) is 4.79 Å². The number of anilines is 1. The van der Waals surface area contributed by atoms with Crippen molar-refractivity contribution in [2.24, 2.45) is 0 Å². The van der Waals surface area contributed by atoms with Gasteiger partial charge in [0, 0.05) is 4.88 Å². The number of carboxylic acid groups (broad SMARTS) is 1. The Balaban J connectivity index is 2.25. The molecule has 2 aromatic carbocycles. The number of rotatable bonds is 2. The lowest BCUT2D eigenvalue weighted by molar-refractivity contribution is 0.0703. The van der Waals surface area contributed by atoms with Crippen LogP contribution in [0.2, 0.25) is 0 Å². The zero-order valence-corrected chi connectivity index (χ0v) is 10.8. The second-order valence-corrected chi connectivity index (χ2v) is 5.28. The van der Waals surface area contributed by atoms with Gasteiger partial charge in [-0.1, -0.05) is 42.5 Å². The Morgan fingerprint density at radius 1 is 1.11 bits per heavy atom. The molecule has 0 aliphatic heterocycles. The fourth-order valence-corrected chi connectivity index (χ4v) is 3.10. The molecule has 4 heteroatoms. The van der Waals surface area contributed by atoms with E-state index in [2.05, 4.69) is 0 Å². The maximum Gasteiger partial charge on any atom is 0.348 e. The van der Waals surface area contributed by atoms with E-state index in [0.29, 0.717) is 5.69 Å². The second-order valence-electron chi connectivity index (χ2n) is 4.23. The van der Waals surface area contributed by atoms with Crippen LogP contribution >= 0.6 is 11.3 Å². The van der Waals surface area contributed by atoms with Crippen LogP contribution in [0.5, 0.6) is 0 Å². The summed E-state index contributed by atoms with van der Waals surface area (Å²) in [7, 11) is 0. The van der Waals surface area contributed by atoms with Crippen molar-refractivity contribution in [3.63, 3.8) is 0 Å². The van der Waals surface area contributed by atoms with Gasteiger partial charge in [-0.15, -0.1) is 11.3 Å². The van der Waals surface area contributed by atoms with Gasteiger partial charge in [0.1, 0.15) is 4.88 Å². The first-order valence-corrected chi connectivity index (χ1v) is 6.59. The third-order valence-corrected chi connectivity index (χ3v) is 4.18. The molecule has 0 radical (unpaired) electrons. The normalized spacial score (nSPS) is 10.7. The molecule has 94 valence electrons. The minimum Gasteiger partial charge on any atom is -0.477 e. The molecule has 0 spiro atoms. The molecule has 3 N–H and O–H groups in total. The number of carboxylic acids is 1. The Bertz CT molecular complexity index is 771. The van der Waals surface area contributed by atoms with Crippen LogP contribution in [0.4, 0.5) is 5.69 Å². The van der Waals surface area contributed by atoms with E-state index in [1.54, 1.807) is 6.07 Å². The molecule has 0 saturated heterocycles. The quantitative estimate of drug-likeness (QED) is 0.742. The fourth-order valence-electron chi connectivity index (χ4n) is 2.15. The first-order chi connectivity index (χ1) is 9.16. The zero-order valence-electron chi connectivity index (χ0n) is 9.96. The van der Waals surface area contributed by atoms with Gasteiger partial charge in [0.05, 0.1) is 5.69 Å². The van der Waals surface area contributed by atoms with Crippen LogP contribution in [0.3, 0.4) is 0 Å². The van der Waals surface area contributed by atoms with E-state index in [0.717, 1.165) is 21.2 Å². The van der Waals surface area contributed by atoms with E-state index >= 15 is 0 Å². The molecule has 3 aromatic rings. The predicted molar refractivity (Wildman–Crippen MR) is 78.6 cm³/mol. The standard InChI is InChI=1S/C15H11NO2S/c16-12-8-13(19-14(12)15(17)18)11-7-3-5-9-4-1-2-6-10(9)11/h1-8H,16H2,(H,17,18). The highest BCUT2D eigenvalue weighted by atomic mass is 32.1. The minimum absolute atomic E-state index is 0.197. The molecule has 0 amide bonds. The van der Waals surface area contributed by atoms with Gasteiger partial charge in [0.2, 0.25) is 0 Å². The zero-order chi connectivity index (χ0) is 13.4. The van der Waals surface area contributed by atoms with Gasteiger partial charge in [-0.3, -0.25) is 0 Å². The monoisotopic (exact) mass is 269 g/mol. The van der Waals surface area contributed by atoms with Crippen molar-refractivity contribution in [2.45, 2.75) is 0 Å². The van der Waals surface area contributed by atoms with Crippen LogP contribution in [0.15, 0.2) is 48.5 Å². The molecule has 0 aliphatic carbocycles. The molecule has 0 unspecified atom stereocenters. The third kappa shape index (κ3) is 1.96. The van der Waals surface area contributed by atoms with Crippen molar-refractivity contribution in [2.75, 3.05) is 5.73 Å². The summed E-state index contributed by atoms with van der Waals surface area (Å²) in [5, 5.41) is 11.3. The van der Waals surface area contributed by atoms with E-state index in [-0.39, 0.29) is 4.88 Å². The fraction of sp³-hybridized carbons (Fsp3) is 0. The summed E-state index contributed by atoms with van der Waals surface area (Å²) >= 11 is 1.21. The topological polar surface area (TPSA) is 63.3 Å². The molecule has 0 saturated carbocycles. The van der Waals surface area contributed by atoms with Crippen molar-refractivity contribution in [1.29, 1.82) is 0 Å². The van der Waals surface area contributed by atoms with Crippen molar-refractivity contribution < 1.29 is 9.90 Å². The summed E-state index contributed by atoms with van der Waals surface area (Å²) in [6.07, 6.45) is 0. The Hall–Kier alpha value is -2.33. The predicted octanol–water partition coefficient (Wildman–Crippen LogP) is 3.85. The highest BCUT2D eigenvalue weighted by molar-refractivity contribution is 7.18. The molecular formula is C15H11NO2S. The second kappa shape index (κ2) is 4.40. The largest absolute Gasteiger partial charge is 0.477 e. The number of hydrogen-bond donors (Lipinski definition) is 2. The summed E-state index contributed by atoms with van der Waals surface area (Å²) < 4.78 is 0. The molecule has 3 rings (SSSR count). The maximum absolute atomic E-state index is 11.1. The number of aromatic carboxylic acids is 1. The van der Waals surface area contributed by atoms with Crippen LogP contribution in [0, 0.1) is 0 Å². The minimum atomic E-state index is -0.978. The highest BCUT2D eigenvalue weighted by Gasteiger charge is 2.15. The lowest BCUT2D eigenvalue weighted by Crippen LogP contribution is -1.96. The SMILES string of the molecule is Nc1cc(-c2cccc3ccccc23)sc1C(=O)O. The van der Waals surface area contributed by atoms with Gasteiger partial charge in [-0.2, -0.15) is 0 Å². The molecule has 0 aliphatic rings. The first kappa shape index (κ1) is 11.7. The van der Waals surface area contributed by atoms with Crippen LogP contribution in [-0.4, -0.2) is 11.1 Å². The molecule has 0 atom stereocenters. The van der Waals surface area contributed by atoms with Crippen molar-refractivity contribution in [1.82, 2.24) is 0 Å². The number of benzene rings is 2. The maximum atomic E-state index is 11.1. The van der Waals surface area contributed by atoms with Crippen LogP contribution in [0.25, 0.3) is 21.2 Å². The van der Waals surface area contributed by atoms with Gasteiger partial charge in [0.15, 0.2) is 0 Å². The average molecular weight is 269 g/mol. The number of fused-ring (bicyclic) bond motifs is 1. The summed E-state index contributed by atoms with van der Waals surface area (Å²) in [6.45, 7) is 0. The van der Waals surface area contributed by atoms with E-state index in [4.69, 9.17) is 10.8 Å². The molecule has 19 heavy (non-hydrogen) atoms. The molecule has 1 aromatic heterocycles. The molecule has 1 heterocycles. The third-order valence-electron chi connectivity index (χ3n) is 3.01. The van der Waals surface area contributed by atoms with Gasteiger partial charge >= 0.3 is 5.97 Å². The van der Waals surface area contributed by atoms with Crippen LogP contribution < -0.4 is 5.73 Å². The first-order valence-electron chi connectivity index (χ1n) is 5.77. The summed E-state index contributed by atoms with van der Waals surface area (Å²) in [5.41, 5.74) is 7.09. The molecule has 0 bridgehead atoms. The Kier molecular flexibility index (Phi) is 2.72. The number of carbonyl (C=O) groups is 1. The van der Waals surface area contributed by atoms with Crippen LogP contribution in [0.1, 0.15) is 9.67 Å². The van der Waals surface area contributed by atoms with Crippen molar-refractivity contribution >= 4 is 33.8 Å². The van der Waals surface area contributed by atoms with Gasteiger partial charge in [0.25, 0.3) is 0 Å². The van der Waals surface area contributed by atoms with Crippen LogP contribution in [-0.2, 0) is 0 Å². The van der Waals surface area contributed by atoms with Crippen molar-refractivity contribution in [3.05, 3.63) is 53.4 Å². The lowest BCUT2D eigenvalue weighted by atomic mass is 10.0. The molecular weight excluding hydrogens is 258 g/mol. The Labute approximate surface area is 113 Å². The van der Waals surface area contributed by atoms with E-state index < -0.39 is 5.97 Å². The number of nitrogen functional groups attached to an aromatic ring is 1. The number of nitrogens with two attached hydrogens (primary N) is 1. The molecule has 3 nitrogen and oxygen atoms in total. The average Bonchev–Trinajstić information content (AvgIpc) is 2.80. The summed E-state index contributed by atoms with van der Waals surface area (Å²) in [4.78, 5) is 12.1. The summed E-state index contributed by atoms with van der Waals surface area (Å²) in [6, 6.07) is 15.7. The Morgan fingerprint density at radius 3 is 2.58 bits per heavy atom. The summed E-state index contributed by atoms with van der Waals surface area (Å²) in [5.74, 6) is -0.978. The van der Waals surface area contributed by atoms with Gasteiger partial charge < -0.3 is 10.8 Å². The lowest BCUT2D eigenvalue weighted by Gasteiger charge is -2.03. The van der Waals surface area contributed by atoms with Crippen molar-refractivity contribution in [3.8, 4) is 10.4 Å².